The zero-order valence-corrected chi connectivity index (χ0v) is 12.3. The molecule has 0 aliphatic rings. The Morgan fingerprint density at radius 2 is 2.11 bits per heavy atom. The lowest BCUT2D eigenvalue weighted by atomic mass is 10.2. The van der Waals surface area contributed by atoms with Crippen LogP contribution in [-0.2, 0) is 10.0 Å². The summed E-state index contributed by atoms with van der Waals surface area (Å²) in [4.78, 5) is 15.8. The van der Waals surface area contributed by atoms with Crippen LogP contribution in [-0.4, -0.2) is 38.7 Å². The Bertz CT molecular complexity index is 560. The standard InChI is InChI=1S/C11H16ClN3O3S/c1-8-6-10(12)9(7-14-8)11(16)13-4-3-5-15-19(2,17)18/h6-7,15H,3-5H2,1-2H3,(H,13,16). The van der Waals surface area contributed by atoms with Gasteiger partial charge < -0.3 is 5.32 Å². The number of rotatable bonds is 6. The van der Waals surface area contributed by atoms with Gasteiger partial charge in [0.25, 0.3) is 5.91 Å². The minimum Gasteiger partial charge on any atom is -0.352 e. The lowest BCUT2D eigenvalue weighted by Crippen LogP contribution is -2.29. The summed E-state index contributed by atoms with van der Waals surface area (Å²) in [5.41, 5.74) is 1.04. The van der Waals surface area contributed by atoms with E-state index in [-0.39, 0.29) is 12.5 Å². The van der Waals surface area contributed by atoms with Gasteiger partial charge in [-0.25, -0.2) is 13.1 Å². The molecule has 6 nitrogen and oxygen atoms in total. The molecule has 0 radical (unpaired) electrons. The minimum absolute atomic E-state index is 0.277. The smallest absolute Gasteiger partial charge is 0.254 e. The molecule has 0 aliphatic heterocycles. The van der Waals surface area contributed by atoms with Gasteiger partial charge in [0, 0.05) is 25.0 Å². The Labute approximate surface area is 117 Å². The van der Waals surface area contributed by atoms with Crippen LogP contribution >= 0.6 is 11.6 Å². The molecular formula is C11H16ClN3O3S. The number of amides is 1. The van der Waals surface area contributed by atoms with Crippen molar-refractivity contribution in [3.05, 3.63) is 28.5 Å². The predicted molar refractivity (Wildman–Crippen MR) is 73.8 cm³/mol. The van der Waals surface area contributed by atoms with Gasteiger partial charge in [-0.1, -0.05) is 11.6 Å². The Kier molecular flexibility index (Phi) is 5.71. The SMILES string of the molecule is Cc1cc(Cl)c(C(=O)NCCCNS(C)(=O)=O)cn1. The molecule has 8 heteroatoms. The maximum absolute atomic E-state index is 11.8. The molecule has 0 spiro atoms. The van der Waals surface area contributed by atoms with E-state index in [4.69, 9.17) is 11.6 Å². The molecule has 1 heterocycles. The average Bonchev–Trinajstić information content (AvgIpc) is 2.26. The van der Waals surface area contributed by atoms with Gasteiger partial charge in [0.05, 0.1) is 16.8 Å². The summed E-state index contributed by atoms with van der Waals surface area (Å²) >= 11 is 5.93. The molecule has 2 N–H and O–H groups in total. The highest BCUT2D eigenvalue weighted by Crippen LogP contribution is 2.15. The molecule has 0 saturated carbocycles. The quantitative estimate of drug-likeness (QED) is 0.758. The number of sulfonamides is 1. The highest BCUT2D eigenvalue weighted by molar-refractivity contribution is 7.88. The first-order valence-corrected chi connectivity index (χ1v) is 7.91. The third kappa shape index (κ3) is 6.00. The van der Waals surface area contributed by atoms with E-state index < -0.39 is 10.0 Å². The van der Waals surface area contributed by atoms with Crippen molar-refractivity contribution in [3.63, 3.8) is 0 Å². The van der Waals surface area contributed by atoms with Gasteiger partial charge >= 0.3 is 0 Å². The van der Waals surface area contributed by atoms with Crippen LogP contribution in [0.4, 0.5) is 0 Å². The van der Waals surface area contributed by atoms with Gasteiger partial charge in [-0.2, -0.15) is 0 Å². The van der Waals surface area contributed by atoms with Crippen molar-refractivity contribution in [3.8, 4) is 0 Å². The third-order valence-electron chi connectivity index (χ3n) is 2.24. The Balaban J connectivity index is 2.39. The molecule has 0 bridgehead atoms. The molecule has 1 aromatic heterocycles. The van der Waals surface area contributed by atoms with Crippen LogP contribution in [0.15, 0.2) is 12.3 Å². The van der Waals surface area contributed by atoms with Crippen molar-refractivity contribution >= 4 is 27.5 Å². The van der Waals surface area contributed by atoms with Crippen LogP contribution < -0.4 is 10.0 Å². The summed E-state index contributed by atoms with van der Waals surface area (Å²) in [5.74, 6) is -0.322. The van der Waals surface area contributed by atoms with Gasteiger partial charge in [-0.15, -0.1) is 0 Å². The Hall–Kier alpha value is -1.18. The maximum atomic E-state index is 11.8. The van der Waals surface area contributed by atoms with E-state index >= 15 is 0 Å². The molecule has 19 heavy (non-hydrogen) atoms. The first-order chi connectivity index (χ1) is 8.79. The maximum Gasteiger partial charge on any atom is 0.254 e. The third-order valence-corrected chi connectivity index (χ3v) is 3.28. The summed E-state index contributed by atoms with van der Waals surface area (Å²) in [6, 6.07) is 1.61. The first-order valence-electron chi connectivity index (χ1n) is 5.64. The predicted octanol–water partition coefficient (Wildman–Crippen LogP) is 0.713. The van der Waals surface area contributed by atoms with Crippen LogP contribution in [0.1, 0.15) is 22.5 Å². The zero-order valence-electron chi connectivity index (χ0n) is 10.7. The molecule has 0 atom stereocenters. The average molecular weight is 306 g/mol. The molecule has 1 amide bonds. The molecule has 1 rings (SSSR count). The largest absolute Gasteiger partial charge is 0.352 e. The van der Waals surface area contributed by atoms with E-state index in [1.165, 1.54) is 6.20 Å². The van der Waals surface area contributed by atoms with Gasteiger partial charge in [0.15, 0.2) is 0 Å². The molecular weight excluding hydrogens is 290 g/mol. The monoisotopic (exact) mass is 305 g/mol. The van der Waals surface area contributed by atoms with Gasteiger partial charge in [0.1, 0.15) is 0 Å². The van der Waals surface area contributed by atoms with Gasteiger partial charge in [0.2, 0.25) is 10.0 Å². The molecule has 106 valence electrons. The zero-order chi connectivity index (χ0) is 14.5. The number of aryl methyl sites for hydroxylation is 1. The highest BCUT2D eigenvalue weighted by Gasteiger charge is 2.10. The van der Waals surface area contributed by atoms with E-state index in [9.17, 15) is 13.2 Å². The number of pyridine rings is 1. The van der Waals surface area contributed by atoms with Crippen LogP contribution in [0, 0.1) is 6.92 Å². The van der Waals surface area contributed by atoms with Gasteiger partial charge in [-0.3, -0.25) is 9.78 Å². The number of nitrogens with one attached hydrogen (secondary N) is 2. The number of hydrogen-bond donors (Lipinski definition) is 2. The van der Waals surface area contributed by atoms with E-state index in [0.717, 1.165) is 11.9 Å². The number of aromatic nitrogens is 1. The normalized spacial score (nSPS) is 11.3. The van der Waals surface area contributed by atoms with Crippen molar-refractivity contribution in [2.75, 3.05) is 19.3 Å². The lowest BCUT2D eigenvalue weighted by molar-refractivity contribution is 0.0953. The lowest BCUT2D eigenvalue weighted by Gasteiger charge is -2.07. The summed E-state index contributed by atoms with van der Waals surface area (Å²) in [6.07, 6.45) is 3.00. The summed E-state index contributed by atoms with van der Waals surface area (Å²) in [6.45, 7) is 2.41. The van der Waals surface area contributed by atoms with Crippen LogP contribution in [0.5, 0.6) is 0 Å². The molecule has 0 aromatic carbocycles. The Morgan fingerprint density at radius 3 is 2.68 bits per heavy atom. The van der Waals surface area contributed by atoms with Crippen molar-refractivity contribution in [2.24, 2.45) is 0 Å². The number of carbonyl (C=O) groups is 1. The van der Waals surface area contributed by atoms with E-state index in [1.54, 1.807) is 13.0 Å². The van der Waals surface area contributed by atoms with Gasteiger partial charge in [-0.05, 0) is 19.4 Å². The molecule has 0 unspecified atom stereocenters. The number of halogens is 1. The van der Waals surface area contributed by atoms with Crippen LogP contribution in [0.25, 0.3) is 0 Å². The van der Waals surface area contributed by atoms with E-state index in [0.29, 0.717) is 23.6 Å². The van der Waals surface area contributed by atoms with Crippen molar-refractivity contribution in [1.82, 2.24) is 15.0 Å². The summed E-state index contributed by atoms with van der Waals surface area (Å²) in [5, 5.41) is 2.99. The molecule has 0 fully saturated rings. The van der Waals surface area contributed by atoms with Crippen molar-refractivity contribution in [1.29, 1.82) is 0 Å². The Morgan fingerprint density at radius 1 is 1.42 bits per heavy atom. The first kappa shape index (κ1) is 15.9. The van der Waals surface area contributed by atoms with E-state index in [2.05, 4.69) is 15.0 Å². The highest BCUT2D eigenvalue weighted by atomic mass is 35.5. The van der Waals surface area contributed by atoms with E-state index in [1.807, 2.05) is 0 Å². The molecule has 0 aliphatic carbocycles. The minimum atomic E-state index is -3.18. The number of hydrogen-bond acceptors (Lipinski definition) is 4. The number of nitrogens with zero attached hydrogens (tertiary/aromatic N) is 1. The fraction of sp³-hybridized carbons (Fsp3) is 0.455. The topological polar surface area (TPSA) is 88.2 Å². The molecule has 0 saturated heterocycles. The number of carbonyl (C=O) groups excluding carboxylic acids is 1. The fourth-order valence-corrected chi connectivity index (χ4v) is 2.14. The molecule has 1 aromatic rings. The van der Waals surface area contributed by atoms with Crippen molar-refractivity contribution in [2.45, 2.75) is 13.3 Å². The van der Waals surface area contributed by atoms with Crippen LogP contribution in [0.2, 0.25) is 5.02 Å². The second-order valence-electron chi connectivity index (χ2n) is 4.08. The fourth-order valence-electron chi connectivity index (χ4n) is 1.34. The summed E-state index contributed by atoms with van der Waals surface area (Å²) < 4.78 is 23.9. The second kappa shape index (κ2) is 6.83. The van der Waals surface area contributed by atoms with Crippen LogP contribution in [0.3, 0.4) is 0 Å². The van der Waals surface area contributed by atoms with Crippen molar-refractivity contribution < 1.29 is 13.2 Å². The second-order valence-corrected chi connectivity index (χ2v) is 6.32. The summed E-state index contributed by atoms with van der Waals surface area (Å²) in [7, 11) is -3.18.